The first-order valence-electron chi connectivity index (χ1n) is 5.22. The van der Waals surface area contributed by atoms with E-state index in [1.807, 2.05) is 19.2 Å². The molecular weight excluding hydrogens is 205 g/mol. The summed E-state index contributed by atoms with van der Waals surface area (Å²) in [5, 5.41) is 4.31. The molecule has 0 unspecified atom stereocenters. The Bertz CT molecular complexity index is 491. The molecule has 4 heteroatoms. The topological polar surface area (TPSA) is 43.8 Å². The Kier molecular flexibility index (Phi) is 3.01. The zero-order chi connectivity index (χ0) is 11.5. The second kappa shape index (κ2) is 4.45. The van der Waals surface area contributed by atoms with E-state index in [1.54, 1.807) is 10.7 Å². The molecule has 0 aliphatic rings. The molecule has 2 rings (SSSR count). The Hall–Kier alpha value is -1.68. The van der Waals surface area contributed by atoms with Crippen LogP contribution < -0.4 is 5.73 Å². The van der Waals surface area contributed by atoms with Crippen LogP contribution in [0.2, 0.25) is 0 Å². The first-order valence-corrected chi connectivity index (χ1v) is 5.22. The lowest BCUT2D eigenvalue weighted by Crippen LogP contribution is -2.07. The molecule has 0 saturated carbocycles. The fraction of sp³-hybridized carbons (Fsp3) is 0.250. The lowest BCUT2D eigenvalue weighted by molar-refractivity contribution is 0.624. The zero-order valence-electron chi connectivity index (χ0n) is 9.15. The standard InChI is InChI=1S/C12H14FN3/c1-9-5-7-16(15-9)12-3-2-11(13)8-10(12)4-6-14/h2-3,5,7-8H,4,6,14H2,1H3. The Labute approximate surface area is 93.7 Å². The fourth-order valence-corrected chi connectivity index (χ4v) is 1.68. The van der Waals surface area contributed by atoms with E-state index in [2.05, 4.69) is 5.10 Å². The third-order valence-electron chi connectivity index (χ3n) is 2.42. The van der Waals surface area contributed by atoms with Gasteiger partial charge < -0.3 is 5.73 Å². The van der Waals surface area contributed by atoms with E-state index in [9.17, 15) is 4.39 Å². The van der Waals surface area contributed by atoms with Crippen molar-refractivity contribution >= 4 is 0 Å². The van der Waals surface area contributed by atoms with Crippen LogP contribution in [0.15, 0.2) is 30.5 Å². The van der Waals surface area contributed by atoms with Gasteiger partial charge in [-0.05, 0) is 49.7 Å². The van der Waals surface area contributed by atoms with Crippen molar-refractivity contribution in [3.8, 4) is 5.69 Å². The normalized spacial score (nSPS) is 10.7. The minimum Gasteiger partial charge on any atom is -0.330 e. The Morgan fingerprint density at radius 3 is 2.81 bits per heavy atom. The second-order valence-electron chi connectivity index (χ2n) is 3.71. The molecule has 0 radical (unpaired) electrons. The third-order valence-corrected chi connectivity index (χ3v) is 2.42. The second-order valence-corrected chi connectivity index (χ2v) is 3.71. The molecule has 0 amide bonds. The molecule has 2 aromatic rings. The smallest absolute Gasteiger partial charge is 0.123 e. The van der Waals surface area contributed by atoms with Crippen LogP contribution in [-0.2, 0) is 6.42 Å². The highest BCUT2D eigenvalue weighted by Gasteiger charge is 2.06. The van der Waals surface area contributed by atoms with Gasteiger partial charge in [-0.1, -0.05) is 0 Å². The van der Waals surface area contributed by atoms with Crippen molar-refractivity contribution in [1.82, 2.24) is 9.78 Å². The number of hydrogen-bond donors (Lipinski definition) is 1. The van der Waals surface area contributed by atoms with Crippen LogP contribution in [0.4, 0.5) is 4.39 Å². The molecule has 1 aromatic carbocycles. The fourth-order valence-electron chi connectivity index (χ4n) is 1.68. The number of hydrogen-bond acceptors (Lipinski definition) is 2. The highest BCUT2D eigenvalue weighted by Crippen LogP contribution is 2.16. The van der Waals surface area contributed by atoms with Gasteiger partial charge in [-0.3, -0.25) is 0 Å². The summed E-state index contributed by atoms with van der Waals surface area (Å²) in [6.07, 6.45) is 2.51. The van der Waals surface area contributed by atoms with Crippen molar-refractivity contribution in [3.63, 3.8) is 0 Å². The zero-order valence-corrected chi connectivity index (χ0v) is 9.15. The number of halogens is 1. The lowest BCUT2D eigenvalue weighted by Gasteiger charge is -2.08. The first-order chi connectivity index (χ1) is 7.70. The summed E-state index contributed by atoms with van der Waals surface area (Å²) in [4.78, 5) is 0. The van der Waals surface area contributed by atoms with Gasteiger partial charge in [0.1, 0.15) is 5.82 Å². The van der Waals surface area contributed by atoms with E-state index in [0.717, 1.165) is 16.9 Å². The van der Waals surface area contributed by atoms with Gasteiger partial charge in [-0.15, -0.1) is 0 Å². The maximum Gasteiger partial charge on any atom is 0.123 e. The van der Waals surface area contributed by atoms with E-state index in [4.69, 9.17) is 5.73 Å². The monoisotopic (exact) mass is 219 g/mol. The van der Waals surface area contributed by atoms with Gasteiger partial charge in [0.05, 0.1) is 11.4 Å². The molecule has 0 fully saturated rings. The summed E-state index contributed by atoms with van der Waals surface area (Å²) in [5.41, 5.74) is 8.21. The van der Waals surface area contributed by atoms with E-state index >= 15 is 0 Å². The van der Waals surface area contributed by atoms with Gasteiger partial charge in [0, 0.05) is 6.20 Å². The Morgan fingerprint density at radius 2 is 2.19 bits per heavy atom. The van der Waals surface area contributed by atoms with Gasteiger partial charge in [0.2, 0.25) is 0 Å². The lowest BCUT2D eigenvalue weighted by atomic mass is 10.1. The van der Waals surface area contributed by atoms with E-state index in [-0.39, 0.29) is 5.82 Å². The van der Waals surface area contributed by atoms with Crippen LogP contribution in [0.1, 0.15) is 11.3 Å². The maximum absolute atomic E-state index is 13.1. The van der Waals surface area contributed by atoms with E-state index in [0.29, 0.717) is 13.0 Å². The summed E-state index contributed by atoms with van der Waals surface area (Å²) < 4.78 is 14.9. The van der Waals surface area contributed by atoms with Crippen molar-refractivity contribution in [1.29, 1.82) is 0 Å². The molecule has 1 heterocycles. The molecule has 0 aliphatic carbocycles. The van der Waals surface area contributed by atoms with Gasteiger partial charge in [-0.25, -0.2) is 9.07 Å². The molecular formula is C12H14FN3. The van der Waals surface area contributed by atoms with Gasteiger partial charge in [-0.2, -0.15) is 5.10 Å². The molecule has 0 atom stereocenters. The molecule has 16 heavy (non-hydrogen) atoms. The maximum atomic E-state index is 13.1. The van der Waals surface area contributed by atoms with Crippen molar-refractivity contribution in [3.05, 3.63) is 47.5 Å². The molecule has 0 saturated heterocycles. The Balaban J connectivity index is 2.47. The van der Waals surface area contributed by atoms with Crippen molar-refractivity contribution in [2.75, 3.05) is 6.54 Å². The minimum absolute atomic E-state index is 0.240. The number of aromatic nitrogens is 2. The van der Waals surface area contributed by atoms with Crippen LogP contribution in [0.25, 0.3) is 5.69 Å². The number of nitrogens with zero attached hydrogens (tertiary/aromatic N) is 2. The van der Waals surface area contributed by atoms with Crippen molar-refractivity contribution < 1.29 is 4.39 Å². The average molecular weight is 219 g/mol. The van der Waals surface area contributed by atoms with Gasteiger partial charge >= 0.3 is 0 Å². The molecule has 0 aliphatic heterocycles. The largest absolute Gasteiger partial charge is 0.330 e. The molecule has 0 spiro atoms. The number of nitrogens with two attached hydrogens (primary N) is 1. The Morgan fingerprint density at radius 1 is 1.38 bits per heavy atom. The summed E-state index contributed by atoms with van der Waals surface area (Å²) in [5.74, 6) is -0.240. The highest BCUT2D eigenvalue weighted by atomic mass is 19.1. The molecule has 3 nitrogen and oxygen atoms in total. The molecule has 2 N–H and O–H groups in total. The number of rotatable bonds is 3. The average Bonchev–Trinajstić information content (AvgIpc) is 2.65. The number of benzene rings is 1. The summed E-state index contributed by atoms with van der Waals surface area (Å²) in [6.45, 7) is 2.42. The van der Waals surface area contributed by atoms with Crippen LogP contribution in [0.5, 0.6) is 0 Å². The summed E-state index contributed by atoms with van der Waals surface area (Å²) >= 11 is 0. The third kappa shape index (κ3) is 2.12. The molecule has 84 valence electrons. The summed E-state index contributed by atoms with van der Waals surface area (Å²) in [6, 6.07) is 6.59. The number of aryl methyl sites for hydroxylation is 1. The predicted octanol–water partition coefficient (Wildman–Crippen LogP) is 1.82. The molecule has 0 bridgehead atoms. The van der Waals surface area contributed by atoms with Crippen molar-refractivity contribution in [2.45, 2.75) is 13.3 Å². The van der Waals surface area contributed by atoms with Crippen LogP contribution in [0, 0.1) is 12.7 Å². The quantitative estimate of drug-likeness (QED) is 0.855. The summed E-state index contributed by atoms with van der Waals surface area (Å²) in [7, 11) is 0. The van der Waals surface area contributed by atoms with Crippen LogP contribution >= 0.6 is 0 Å². The predicted molar refractivity (Wildman–Crippen MR) is 61.0 cm³/mol. The van der Waals surface area contributed by atoms with E-state index < -0.39 is 0 Å². The highest BCUT2D eigenvalue weighted by molar-refractivity contribution is 5.41. The van der Waals surface area contributed by atoms with Gasteiger partial charge in [0.25, 0.3) is 0 Å². The van der Waals surface area contributed by atoms with Crippen molar-refractivity contribution in [2.24, 2.45) is 5.73 Å². The van der Waals surface area contributed by atoms with Gasteiger partial charge in [0.15, 0.2) is 0 Å². The molecule has 1 aromatic heterocycles. The minimum atomic E-state index is -0.240. The van der Waals surface area contributed by atoms with E-state index in [1.165, 1.54) is 12.1 Å². The SMILES string of the molecule is Cc1ccn(-c2ccc(F)cc2CCN)n1. The van der Waals surface area contributed by atoms with Crippen LogP contribution in [0.3, 0.4) is 0 Å². The first kappa shape index (κ1) is 10.8. The van der Waals surface area contributed by atoms with Crippen LogP contribution in [-0.4, -0.2) is 16.3 Å².